The molecule has 0 aliphatic heterocycles. The van der Waals surface area contributed by atoms with E-state index in [-0.39, 0.29) is 11.8 Å². The maximum absolute atomic E-state index is 12.4. The highest BCUT2D eigenvalue weighted by Crippen LogP contribution is 2.35. The Balaban J connectivity index is 2.48. The Hall–Kier alpha value is -1.17. The van der Waals surface area contributed by atoms with Crippen molar-refractivity contribution in [2.75, 3.05) is 6.54 Å². The molecule has 5 N–H and O–H groups in total. The number of nitrogens with two attached hydrogens (primary N) is 2. The molecule has 0 aromatic carbocycles. The van der Waals surface area contributed by atoms with Crippen LogP contribution in [0.4, 0.5) is 0 Å². The zero-order chi connectivity index (χ0) is 15.0. The van der Waals surface area contributed by atoms with Gasteiger partial charge in [0.2, 0.25) is 11.8 Å². The number of primary amides is 1. The summed E-state index contributed by atoms with van der Waals surface area (Å²) in [5.41, 5.74) is 10.3. The number of carbonyl (C=O) groups is 2. The molecule has 0 atom stereocenters. The number of hydrogen-bond donors (Lipinski definition) is 3. The van der Waals surface area contributed by atoms with Crippen molar-refractivity contribution in [3.63, 3.8) is 0 Å². The van der Waals surface area contributed by atoms with Crippen LogP contribution in [0.1, 0.15) is 57.8 Å². The maximum atomic E-state index is 12.4. The molecule has 0 heterocycles. The van der Waals surface area contributed by atoms with Crippen molar-refractivity contribution in [2.45, 2.75) is 57.8 Å². The minimum Gasteiger partial charge on any atom is -0.392 e. The van der Waals surface area contributed by atoms with Gasteiger partial charge in [0.1, 0.15) is 0 Å². The molecule has 0 radical (unpaired) electrons. The lowest BCUT2D eigenvalue weighted by Gasteiger charge is -2.30. The van der Waals surface area contributed by atoms with E-state index in [1.165, 1.54) is 0 Å². The summed E-state index contributed by atoms with van der Waals surface area (Å²) in [4.78, 5) is 23.4. The van der Waals surface area contributed by atoms with E-state index < -0.39 is 5.41 Å². The SMILES string of the molecule is NC(=O)CCCCNC(=O)C1(C(N)=S)CCCCCC1. The smallest absolute Gasteiger partial charge is 0.233 e. The largest absolute Gasteiger partial charge is 0.392 e. The lowest BCUT2D eigenvalue weighted by molar-refractivity contribution is -0.128. The van der Waals surface area contributed by atoms with Crippen LogP contribution in [0.25, 0.3) is 0 Å². The van der Waals surface area contributed by atoms with Crippen LogP contribution in [0, 0.1) is 5.41 Å². The Morgan fingerprint density at radius 3 is 2.15 bits per heavy atom. The van der Waals surface area contributed by atoms with E-state index in [4.69, 9.17) is 23.7 Å². The Morgan fingerprint density at radius 2 is 1.65 bits per heavy atom. The molecule has 0 unspecified atom stereocenters. The zero-order valence-electron chi connectivity index (χ0n) is 12.0. The molecule has 1 rings (SSSR count). The lowest BCUT2D eigenvalue weighted by Crippen LogP contribution is -2.49. The first-order chi connectivity index (χ1) is 9.49. The molecule has 6 heteroatoms. The summed E-state index contributed by atoms with van der Waals surface area (Å²) in [6, 6.07) is 0. The van der Waals surface area contributed by atoms with E-state index in [1.807, 2.05) is 0 Å². The number of carbonyl (C=O) groups excluding carboxylic acids is 2. The number of nitrogens with one attached hydrogen (secondary N) is 1. The predicted octanol–water partition coefficient (Wildman–Crippen LogP) is 1.38. The second kappa shape index (κ2) is 8.19. The van der Waals surface area contributed by atoms with Crippen molar-refractivity contribution in [3.8, 4) is 0 Å². The third-order valence-corrected chi connectivity index (χ3v) is 4.39. The van der Waals surface area contributed by atoms with Crippen LogP contribution >= 0.6 is 12.2 Å². The Labute approximate surface area is 125 Å². The van der Waals surface area contributed by atoms with Gasteiger partial charge in [0, 0.05) is 13.0 Å². The first-order valence-electron chi connectivity index (χ1n) is 7.35. The Kier molecular flexibility index (Phi) is 6.91. The molecule has 1 saturated carbocycles. The van der Waals surface area contributed by atoms with Crippen molar-refractivity contribution >= 4 is 29.0 Å². The van der Waals surface area contributed by atoms with Gasteiger partial charge in [-0.15, -0.1) is 0 Å². The second-order valence-corrected chi connectivity index (χ2v) is 5.98. The molecule has 20 heavy (non-hydrogen) atoms. The van der Waals surface area contributed by atoms with Gasteiger partial charge in [-0.3, -0.25) is 9.59 Å². The van der Waals surface area contributed by atoms with Gasteiger partial charge in [-0.25, -0.2) is 0 Å². The highest BCUT2D eigenvalue weighted by atomic mass is 32.1. The molecule has 114 valence electrons. The van der Waals surface area contributed by atoms with Crippen LogP contribution in [-0.4, -0.2) is 23.3 Å². The van der Waals surface area contributed by atoms with Gasteiger partial charge in [0.05, 0.1) is 10.4 Å². The number of rotatable bonds is 7. The predicted molar refractivity (Wildman–Crippen MR) is 83.0 cm³/mol. The summed E-state index contributed by atoms with van der Waals surface area (Å²) in [6.45, 7) is 0.538. The second-order valence-electron chi connectivity index (χ2n) is 5.54. The van der Waals surface area contributed by atoms with E-state index in [1.54, 1.807) is 0 Å². The summed E-state index contributed by atoms with van der Waals surface area (Å²) >= 11 is 5.16. The highest BCUT2D eigenvalue weighted by molar-refractivity contribution is 7.80. The fraction of sp³-hybridized carbons (Fsp3) is 0.786. The first kappa shape index (κ1) is 16.9. The van der Waals surface area contributed by atoms with E-state index in [9.17, 15) is 9.59 Å². The molecule has 0 saturated heterocycles. The van der Waals surface area contributed by atoms with Crippen molar-refractivity contribution in [3.05, 3.63) is 0 Å². The molecule has 5 nitrogen and oxygen atoms in total. The lowest BCUT2D eigenvalue weighted by atomic mass is 9.79. The van der Waals surface area contributed by atoms with Gasteiger partial charge in [-0.05, 0) is 25.7 Å². The maximum Gasteiger partial charge on any atom is 0.233 e. The molecular formula is C14H25N3O2S. The van der Waals surface area contributed by atoms with E-state index in [2.05, 4.69) is 5.32 Å². The van der Waals surface area contributed by atoms with Crippen LogP contribution < -0.4 is 16.8 Å². The van der Waals surface area contributed by atoms with Crippen LogP contribution in [0.3, 0.4) is 0 Å². The van der Waals surface area contributed by atoms with Gasteiger partial charge in [-0.2, -0.15) is 0 Å². The average molecular weight is 299 g/mol. The number of unbranched alkanes of at least 4 members (excludes halogenated alkanes) is 1. The third kappa shape index (κ3) is 4.74. The normalized spacial score (nSPS) is 18.0. The first-order valence-corrected chi connectivity index (χ1v) is 7.76. The summed E-state index contributed by atoms with van der Waals surface area (Å²) in [7, 11) is 0. The zero-order valence-corrected chi connectivity index (χ0v) is 12.8. The van der Waals surface area contributed by atoms with Gasteiger partial charge in [0.25, 0.3) is 0 Å². The molecule has 1 aliphatic carbocycles. The summed E-state index contributed by atoms with van der Waals surface area (Å²) in [6.07, 6.45) is 7.53. The fourth-order valence-corrected chi connectivity index (χ4v) is 3.01. The molecule has 0 bridgehead atoms. The van der Waals surface area contributed by atoms with Gasteiger partial charge >= 0.3 is 0 Å². The molecule has 1 fully saturated rings. The van der Waals surface area contributed by atoms with Gasteiger partial charge in [-0.1, -0.05) is 37.9 Å². The van der Waals surface area contributed by atoms with Crippen LogP contribution in [0.5, 0.6) is 0 Å². The number of thiocarbonyl (C=S) groups is 1. The molecule has 1 aliphatic rings. The van der Waals surface area contributed by atoms with Crippen LogP contribution in [0.15, 0.2) is 0 Å². The third-order valence-electron chi connectivity index (χ3n) is 4.00. The molecule has 2 amide bonds. The molecular weight excluding hydrogens is 274 g/mol. The van der Waals surface area contributed by atoms with Crippen molar-refractivity contribution in [1.29, 1.82) is 0 Å². The van der Waals surface area contributed by atoms with Gasteiger partial charge in [0.15, 0.2) is 0 Å². The molecule has 0 aromatic heterocycles. The molecule has 0 spiro atoms. The van der Waals surface area contributed by atoms with Crippen LogP contribution in [-0.2, 0) is 9.59 Å². The van der Waals surface area contributed by atoms with E-state index >= 15 is 0 Å². The number of hydrogen-bond acceptors (Lipinski definition) is 3. The topological polar surface area (TPSA) is 98.2 Å². The summed E-state index contributed by atoms with van der Waals surface area (Å²) in [5, 5.41) is 2.92. The summed E-state index contributed by atoms with van der Waals surface area (Å²) in [5.74, 6) is -0.356. The Bertz CT molecular complexity index is 363. The fourth-order valence-electron chi connectivity index (χ4n) is 2.71. The highest BCUT2D eigenvalue weighted by Gasteiger charge is 2.41. The number of amides is 2. The standard InChI is InChI=1S/C14H25N3O2S/c15-11(18)7-3-6-10-17-13(19)14(12(16)20)8-4-1-2-5-9-14/h1-10H2,(H2,15,18)(H2,16,20)(H,17,19). The van der Waals surface area contributed by atoms with E-state index in [0.29, 0.717) is 24.4 Å². The minimum atomic E-state index is -0.671. The van der Waals surface area contributed by atoms with Crippen molar-refractivity contribution in [1.82, 2.24) is 5.32 Å². The van der Waals surface area contributed by atoms with Crippen molar-refractivity contribution in [2.24, 2.45) is 16.9 Å². The Morgan fingerprint density at radius 1 is 1.05 bits per heavy atom. The van der Waals surface area contributed by atoms with Crippen molar-refractivity contribution < 1.29 is 9.59 Å². The summed E-state index contributed by atoms with van der Waals surface area (Å²) < 4.78 is 0. The molecule has 0 aromatic rings. The van der Waals surface area contributed by atoms with E-state index in [0.717, 1.165) is 44.9 Å². The monoisotopic (exact) mass is 299 g/mol. The minimum absolute atomic E-state index is 0.0500. The average Bonchev–Trinajstić information content (AvgIpc) is 2.64. The quantitative estimate of drug-likeness (QED) is 0.376. The van der Waals surface area contributed by atoms with Crippen LogP contribution in [0.2, 0.25) is 0 Å². The van der Waals surface area contributed by atoms with Gasteiger partial charge < -0.3 is 16.8 Å².